The molecule has 2 aromatic carbocycles. The highest BCUT2D eigenvalue weighted by Crippen LogP contribution is 2.21. The Balaban J connectivity index is 2.34. The molecule has 0 aliphatic heterocycles. The molecule has 0 atom stereocenters. The Labute approximate surface area is 136 Å². The number of aromatic carboxylic acids is 1. The fourth-order valence-corrected chi connectivity index (χ4v) is 2.63. The normalized spacial score (nSPS) is 10.2. The molecular weight excluding hydrogens is 381 g/mol. The number of hydrogen-bond acceptors (Lipinski definition) is 2. The number of benzene rings is 2. The van der Waals surface area contributed by atoms with Crippen LogP contribution in [0.4, 0.5) is 5.69 Å². The largest absolute Gasteiger partial charge is 0.478 e. The molecule has 1 amide bonds. The first-order valence-electron chi connectivity index (χ1n) is 6.30. The van der Waals surface area contributed by atoms with Crippen molar-refractivity contribution in [1.29, 1.82) is 0 Å². The van der Waals surface area contributed by atoms with Crippen LogP contribution in [0, 0.1) is 17.4 Å². The van der Waals surface area contributed by atoms with Gasteiger partial charge in [-0.05, 0) is 71.8 Å². The van der Waals surface area contributed by atoms with Gasteiger partial charge >= 0.3 is 5.97 Å². The molecule has 21 heavy (non-hydrogen) atoms. The van der Waals surface area contributed by atoms with Gasteiger partial charge in [0.05, 0.1) is 11.1 Å². The van der Waals surface area contributed by atoms with E-state index in [0.717, 1.165) is 9.13 Å². The summed E-state index contributed by atoms with van der Waals surface area (Å²) in [5, 5.41) is 12.0. The van der Waals surface area contributed by atoms with Crippen LogP contribution in [0.3, 0.4) is 0 Å². The molecule has 2 aromatic rings. The number of rotatable bonds is 3. The monoisotopic (exact) mass is 395 g/mol. The minimum atomic E-state index is -0.999. The number of nitrogens with one attached hydrogen (secondary N) is 1. The van der Waals surface area contributed by atoms with Crippen molar-refractivity contribution in [3.8, 4) is 0 Å². The van der Waals surface area contributed by atoms with E-state index >= 15 is 0 Å². The van der Waals surface area contributed by atoms with E-state index in [1.54, 1.807) is 25.1 Å². The molecule has 2 rings (SSSR count). The fraction of sp³-hybridized carbons (Fsp3) is 0.125. The number of carbonyl (C=O) groups is 2. The average Bonchev–Trinajstić information content (AvgIpc) is 2.42. The van der Waals surface area contributed by atoms with Gasteiger partial charge in [-0.2, -0.15) is 0 Å². The molecule has 0 radical (unpaired) electrons. The van der Waals surface area contributed by atoms with Crippen molar-refractivity contribution in [2.45, 2.75) is 13.8 Å². The summed E-state index contributed by atoms with van der Waals surface area (Å²) >= 11 is 2.09. The van der Waals surface area contributed by atoms with E-state index in [4.69, 9.17) is 0 Å². The van der Waals surface area contributed by atoms with Crippen LogP contribution < -0.4 is 5.32 Å². The maximum Gasteiger partial charge on any atom is 0.336 e. The van der Waals surface area contributed by atoms with Crippen LogP contribution in [-0.2, 0) is 0 Å². The number of hydrogen-bond donors (Lipinski definition) is 2. The number of carboxylic acids is 1. The van der Waals surface area contributed by atoms with Crippen molar-refractivity contribution in [2.24, 2.45) is 0 Å². The molecule has 2 N–H and O–H groups in total. The quantitative estimate of drug-likeness (QED) is 0.776. The molecule has 5 heteroatoms. The summed E-state index contributed by atoms with van der Waals surface area (Å²) in [5.41, 5.74) is 2.78. The van der Waals surface area contributed by atoms with Gasteiger partial charge in [0.25, 0.3) is 5.91 Å². The Morgan fingerprint density at radius 3 is 2.38 bits per heavy atom. The molecule has 4 nitrogen and oxygen atoms in total. The third-order valence-electron chi connectivity index (χ3n) is 3.27. The van der Waals surface area contributed by atoms with Crippen molar-refractivity contribution in [2.75, 3.05) is 5.32 Å². The summed E-state index contributed by atoms with van der Waals surface area (Å²) in [7, 11) is 0. The fourth-order valence-electron chi connectivity index (χ4n) is 2.00. The Kier molecular flexibility index (Phi) is 4.62. The summed E-state index contributed by atoms with van der Waals surface area (Å²) < 4.78 is 0.842. The second kappa shape index (κ2) is 6.26. The molecule has 0 heterocycles. The lowest BCUT2D eigenvalue weighted by atomic mass is 10.0. The van der Waals surface area contributed by atoms with Gasteiger partial charge in [0.1, 0.15) is 0 Å². The molecule has 0 saturated heterocycles. The first-order chi connectivity index (χ1) is 9.90. The minimum absolute atomic E-state index is 0.202. The van der Waals surface area contributed by atoms with Gasteiger partial charge in [0.2, 0.25) is 0 Å². The molecule has 0 aliphatic carbocycles. The van der Waals surface area contributed by atoms with Gasteiger partial charge in [-0.15, -0.1) is 0 Å². The highest BCUT2D eigenvalue weighted by molar-refractivity contribution is 14.1. The highest BCUT2D eigenvalue weighted by Gasteiger charge is 2.14. The van der Waals surface area contributed by atoms with E-state index in [1.165, 1.54) is 6.07 Å². The Bertz CT molecular complexity index is 725. The third kappa shape index (κ3) is 3.41. The summed E-state index contributed by atoms with van der Waals surface area (Å²) in [4.78, 5) is 23.5. The second-order valence-corrected chi connectivity index (χ2v) is 5.87. The molecular formula is C16H14INO3. The van der Waals surface area contributed by atoms with Crippen molar-refractivity contribution in [1.82, 2.24) is 0 Å². The number of amides is 1. The summed E-state index contributed by atoms with van der Waals surface area (Å²) in [6.45, 7) is 3.58. The standard InChI is InChI=1S/C16H14INO3/c1-9-7-11(8-13(10(9)2)16(20)21)18-15(19)12-5-3-4-6-14(12)17/h3-8H,1-2H3,(H,18,19)(H,20,21). The van der Waals surface area contributed by atoms with Crippen LogP contribution in [0.15, 0.2) is 36.4 Å². The van der Waals surface area contributed by atoms with Gasteiger partial charge in [0.15, 0.2) is 0 Å². The topological polar surface area (TPSA) is 66.4 Å². The van der Waals surface area contributed by atoms with Crippen LogP contribution in [-0.4, -0.2) is 17.0 Å². The SMILES string of the molecule is Cc1cc(NC(=O)c2ccccc2I)cc(C(=O)O)c1C. The predicted molar refractivity (Wildman–Crippen MR) is 90.0 cm³/mol. The van der Waals surface area contributed by atoms with E-state index in [1.807, 2.05) is 19.1 Å². The summed E-state index contributed by atoms with van der Waals surface area (Å²) in [5.74, 6) is -1.25. The van der Waals surface area contributed by atoms with Gasteiger partial charge < -0.3 is 10.4 Å². The molecule has 0 spiro atoms. The minimum Gasteiger partial charge on any atom is -0.478 e. The van der Waals surface area contributed by atoms with E-state index in [2.05, 4.69) is 27.9 Å². The number of carbonyl (C=O) groups excluding carboxylic acids is 1. The van der Waals surface area contributed by atoms with Crippen LogP contribution in [0.2, 0.25) is 0 Å². The lowest BCUT2D eigenvalue weighted by molar-refractivity contribution is 0.0695. The lowest BCUT2D eigenvalue weighted by Gasteiger charge is -2.11. The van der Waals surface area contributed by atoms with Crippen molar-refractivity contribution < 1.29 is 14.7 Å². The Morgan fingerprint density at radius 2 is 1.76 bits per heavy atom. The van der Waals surface area contributed by atoms with E-state index in [9.17, 15) is 14.7 Å². The first kappa shape index (κ1) is 15.5. The maximum absolute atomic E-state index is 12.2. The summed E-state index contributed by atoms with van der Waals surface area (Å²) in [6.07, 6.45) is 0. The van der Waals surface area contributed by atoms with Gasteiger partial charge in [-0.1, -0.05) is 12.1 Å². The Hall–Kier alpha value is -1.89. The van der Waals surface area contributed by atoms with Gasteiger partial charge in [0, 0.05) is 9.26 Å². The van der Waals surface area contributed by atoms with Gasteiger partial charge in [-0.3, -0.25) is 4.79 Å². The maximum atomic E-state index is 12.2. The molecule has 0 aromatic heterocycles. The van der Waals surface area contributed by atoms with E-state index in [-0.39, 0.29) is 11.5 Å². The van der Waals surface area contributed by atoms with Crippen LogP contribution in [0.25, 0.3) is 0 Å². The van der Waals surface area contributed by atoms with Crippen molar-refractivity contribution in [3.63, 3.8) is 0 Å². The zero-order chi connectivity index (χ0) is 15.6. The van der Waals surface area contributed by atoms with E-state index < -0.39 is 5.97 Å². The van der Waals surface area contributed by atoms with Crippen molar-refractivity contribution in [3.05, 3.63) is 62.2 Å². The molecule has 108 valence electrons. The third-order valence-corrected chi connectivity index (χ3v) is 4.21. The average molecular weight is 395 g/mol. The van der Waals surface area contributed by atoms with Crippen LogP contribution in [0.1, 0.15) is 31.8 Å². The molecule has 0 aliphatic rings. The second-order valence-electron chi connectivity index (χ2n) is 4.70. The smallest absolute Gasteiger partial charge is 0.336 e. The first-order valence-corrected chi connectivity index (χ1v) is 7.38. The van der Waals surface area contributed by atoms with Crippen LogP contribution >= 0.6 is 22.6 Å². The Morgan fingerprint density at radius 1 is 1.10 bits per heavy atom. The number of carboxylic acid groups (broad SMARTS) is 1. The van der Waals surface area contributed by atoms with E-state index in [0.29, 0.717) is 16.8 Å². The molecule has 0 fully saturated rings. The van der Waals surface area contributed by atoms with Crippen LogP contribution in [0.5, 0.6) is 0 Å². The number of aryl methyl sites for hydroxylation is 1. The molecule has 0 saturated carbocycles. The highest BCUT2D eigenvalue weighted by atomic mass is 127. The zero-order valence-electron chi connectivity index (χ0n) is 11.6. The number of anilines is 1. The van der Waals surface area contributed by atoms with Crippen molar-refractivity contribution >= 4 is 40.2 Å². The molecule has 0 bridgehead atoms. The summed E-state index contributed by atoms with van der Waals surface area (Å²) in [6, 6.07) is 10.5. The molecule has 0 unspecified atom stereocenters. The lowest BCUT2D eigenvalue weighted by Crippen LogP contribution is -2.14. The zero-order valence-corrected chi connectivity index (χ0v) is 13.8. The predicted octanol–water partition coefficient (Wildman–Crippen LogP) is 3.86. The number of halogens is 1. The van der Waals surface area contributed by atoms with Gasteiger partial charge in [-0.25, -0.2) is 4.79 Å².